The van der Waals surface area contributed by atoms with Gasteiger partial charge in [0.05, 0.1) is 11.6 Å². The van der Waals surface area contributed by atoms with Crippen molar-refractivity contribution in [1.82, 2.24) is 5.32 Å². The molecule has 0 spiro atoms. The van der Waals surface area contributed by atoms with Gasteiger partial charge in [-0.3, -0.25) is 0 Å². The van der Waals surface area contributed by atoms with E-state index in [0.717, 1.165) is 21.9 Å². The molecule has 0 saturated carbocycles. The van der Waals surface area contributed by atoms with Crippen molar-refractivity contribution in [3.05, 3.63) is 81.0 Å². The molecule has 3 rings (SSSR count). The van der Waals surface area contributed by atoms with Crippen LogP contribution >= 0.6 is 34.8 Å². The largest absolute Gasteiger partial charge is 0.460 e. The lowest BCUT2D eigenvalue weighted by molar-refractivity contribution is 0.493. The molecule has 0 fully saturated rings. The fourth-order valence-electron chi connectivity index (χ4n) is 2.27. The molecule has 1 N–H and O–H groups in total. The smallest absolute Gasteiger partial charge is 0.135 e. The van der Waals surface area contributed by atoms with Crippen molar-refractivity contribution in [3.8, 4) is 11.3 Å². The summed E-state index contributed by atoms with van der Waals surface area (Å²) in [6.45, 7) is 1.27. The van der Waals surface area contributed by atoms with Gasteiger partial charge in [0.1, 0.15) is 11.5 Å². The van der Waals surface area contributed by atoms with Gasteiger partial charge in [0.15, 0.2) is 0 Å². The zero-order valence-corrected chi connectivity index (χ0v) is 14.4. The molecule has 0 aliphatic carbocycles. The van der Waals surface area contributed by atoms with E-state index in [0.29, 0.717) is 28.9 Å². The summed E-state index contributed by atoms with van der Waals surface area (Å²) in [4.78, 5) is 0. The van der Waals surface area contributed by atoms with Gasteiger partial charge in [0.25, 0.3) is 0 Å². The summed E-state index contributed by atoms with van der Waals surface area (Å²) in [6.07, 6.45) is 0. The molecule has 3 aromatic rings. The molecule has 0 unspecified atom stereocenters. The average molecular weight is 367 g/mol. The fourth-order valence-corrected chi connectivity index (χ4v) is 2.85. The van der Waals surface area contributed by atoms with E-state index < -0.39 is 0 Å². The highest BCUT2D eigenvalue weighted by molar-refractivity contribution is 6.35. The summed E-state index contributed by atoms with van der Waals surface area (Å²) in [5, 5.41) is 5.30. The van der Waals surface area contributed by atoms with Crippen molar-refractivity contribution in [2.24, 2.45) is 0 Å². The number of rotatable bonds is 5. The van der Waals surface area contributed by atoms with Crippen LogP contribution in [0.3, 0.4) is 0 Å². The Balaban J connectivity index is 1.66. The minimum Gasteiger partial charge on any atom is -0.460 e. The Morgan fingerprint density at radius 2 is 1.65 bits per heavy atom. The molecule has 0 amide bonds. The van der Waals surface area contributed by atoms with E-state index in [1.54, 1.807) is 18.2 Å². The third kappa shape index (κ3) is 4.10. The first-order valence-electron chi connectivity index (χ1n) is 7.12. The van der Waals surface area contributed by atoms with Gasteiger partial charge in [0.2, 0.25) is 0 Å². The number of nitrogens with one attached hydrogen (secondary N) is 1. The molecule has 0 bridgehead atoms. The Labute approximate surface area is 150 Å². The first-order chi connectivity index (χ1) is 11.1. The highest BCUT2D eigenvalue weighted by Crippen LogP contribution is 2.31. The van der Waals surface area contributed by atoms with Crippen molar-refractivity contribution in [1.29, 1.82) is 0 Å². The molecule has 0 atom stereocenters. The van der Waals surface area contributed by atoms with Crippen LogP contribution in [0.15, 0.2) is 59.0 Å². The van der Waals surface area contributed by atoms with Crippen LogP contribution in [0.5, 0.6) is 0 Å². The second-order valence-corrected chi connectivity index (χ2v) is 6.34. The molecule has 2 aromatic carbocycles. The van der Waals surface area contributed by atoms with E-state index >= 15 is 0 Å². The average Bonchev–Trinajstić information content (AvgIpc) is 3.00. The zero-order valence-electron chi connectivity index (χ0n) is 12.2. The van der Waals surface area contributed by atoms with E-state index in [2.05, 4.69) is 5.32 Å². The van der Waals surface area contributed by atoms with Gasteiger partial charge in [-0.15, -0.1) is 0 Å². The molecule has 0 saturated heterocycles. The quantitative estimate of drug-likeness (QED) is 0.582. The van der Waals surface area contributed by atoms with E-state index in [1.807, 2.05) is 36.4 Å². The summed E-state index contributed by atoms with van der Waals surface area (Å²) in [5.41, 5.74) is 1.84. The molecule has 0 aliphatic rings. The molecule has 0 radical (unpaired) electrons. The van der Waals surface area contributed by atoms with Gasteiger partial charge in [0, 0.05) is 22.2 Å². The maximum atomic E-state index is 6.19. The summed E-state index contributed by atoms with van der Waals surface area (Å²) in [5.74, 6) is 1.52. The number of furan rings is 1. The molecular weight excluding hydrogens is 353 g/mol. The lowest BCUT2D eigenvalue weighted by Crippen LogP contribution is -2.12. The van der Waals surface area contributed by atoms with Crippen LogP contribution in [0.25, 0.3) is 11.3 Å². The Kier molecular flexibility index (Phi) is 5.29. The first-order valence-corrected chi connectivity index (χ1v) is 8.25. The SMILES string of the molecule is Clc1ccc(Cl)c(-c2ccc(CNCc3ccccc3Cl)o2)c1. The monoisotopic (exact) mass is 365 g/mol. The van der Waals surface area contributed by atoms with E-state index in [-0.39, 0.29) is 0 Å². The second kappa shape index (κ2) is 7.41. The predicted molar refractivity (Wildman–Crippen MR) is 96.2 cm³/mol. The normalized spacial score (nSPS) is 10.9. The molecule has 1 heterocycles. The molecule has 2 nitrogen and oxygen atoms in total. The highest BCUT2D eigenvalue weighted by Gasteiger charge is 2.09. The van der Waals surface area contributed by atoms with Crippen molar-refractivity contribution in [3.63, 3.8) is 0 Å². The van der Waals surface area contributed by atoms with Crippen molar-refractivity contribution in [2.45, 2.75) is 13.1 Å². The Bertz CT molecular complexity index is 814. The lowest BCUT2D eigenvalue weighted by atomic mass is 10.2. The third-order valence-electron chi connectivity index (χ3n) is 3.43. The highest BCUT2D eigenvalue weighted by atomic mass is 35.5. The number of halogens is 3. The van der Waals surface area contributed by atoms with E-state index in [1.165, 1.54) is 0 Å². The maximum absolute atomic E-state index is 6.19. The standard InChI is InChI=1S/C18H14Cl3NO/c19-13-5-7-17(21)15(9-13)18-8-6-14(23-18)11-22-10-12-3-1-2-4-16(12)20/h1-9,22H,10-11H2. The molecule has 0 aliphatic heterocycles. The van der Waals surface area contributed by atoms with Gasteiger partial charge in [-0.05, 0) is 42.0 Å². The topological polar surface area (TPSA) is 25.2 Å². The predicted octanol–water partition coefficient (Wildman–Crippen LogP) is 6.20. The van der Waals surface area contributed by atoms with Crippen LogP contribution in [0.4, 0.5) is 0 Å². The maximum Gasteiger partial charge on any atom is 0.135 e. The zero-order chi connectivity index (χ0) is 16.2. The Morgan fingerprint density at radius 3 is 2.48 bits per heavy atom. The van der Waals surface area contributed by atoms with Crippen molar-refractivity contribution in [2.75, 3.05) is 0 Å². The minimum atomic E-state index is 0.601. The van der Waals surface area contributed by atoms with Crippen LogP contribution in [-0.2, 0) is 13.1 Å². The van der Waals surface area contributed by atoms with Gasteiger partial charge in [-0.25, -0.2) is 0 Å². The third-order valence-corrected chi connectivity index (χ3v) is 4.36. The van der Waals surface area contributed by atoms with Crippen LogP contribution in [0, 0.1) is 0 Å². The molecule has 23 heavy (non-hydrogen) atoms. The van der Waals surface area contributed by atoms with E-state index in [9.17, 15) is 0 Å². The molecule has 118 valence electrons. The summed E-state index contributed by atoms with van der Waals surface area (Å²) in [6, 6.07) is 16.9. The van der Waals surface area contributed by atoms with Crippen LogP contribution in [0.1, 0.15) is 11.3 Å². The molecular formula is C18H14Cl3NO. The Hall–Kier alpha value is -1.45. The van der Waals surface area contributed by atoms with Crippen molar-refractivity contribution >= 4 is 34.8 Å². The summed E-state index contributed by atoms with van der Waals surface area (Å²) < 4.78 is 5.84. The van der Waals surface area contributed by atoms with Gasteiger partial charge >= 0.3 is 0 Å². The fraction of sp³-hybridized carbons (Fsp3) is 0.111. The number of hydrogen-bond acceptors (Lipinski definition) is 2. The minimum absolute atomic E-state index is 0.601. The van der Waals surface area contributed by atoms with Gasteiger partial charge < -0.3 is 9.73 Å². The number of hydrogen-bond donors (Lipinski definition) is 1. The first kappa shape index (κ1) is 16.4. The van der Waals surface area contributed by atoms with Gasteiger partial charge in [-0.1, -0.05) is 53.0 Å². The van der Waals surface area contributed by atoms with Crippen LogP contribution in [0.2, 0.25) is 15.1 Å². The van der Waals surface area contributed by atoms with Crippen LogP contribution in [-0.4, -0.2) is 0 Å². The number of benzene rings is 2. The molecule has 1 aromatic heterocycles. The van der Waals surface area contributed by atoms with E-state index in [4.69, 9.17) is 39.2 Å². The Morgan fingerprint density at radius 1 is 0.826 bits per heavy atom. The summed E-state index contributed by atoms with van der Waals surface area (Å²) >= 11 is 18.3. The van der Waals surface area contributed by atoms with Crippen molar-refractivity contribution < 1.29 is 4.42 Å². The lowest BCUT2D eigenvalue weighted by Gasteiger charge is -2.05. The van der Waals surface area contributed by atoms with Gasteiger partial charge in [-0.2, -0.15) is 0 Å². The summed E-state index contributed by atoms with van der Waals surface area (Å²) in [7, 11) is 0. The molecule has 5 heteroatoms. The second-order valence-electron chi connectivity index (χ2n) is 5.09. The van der Waals surface area contributed by atoms with Crippen LogP contribution < -0.4 is 5.32 Å².